The minimum absolute atomic E-state index is 0.111. The molecular formula is C33H32F3N5O4. The standard InChI is InChI=1S/C33H32F3N5O4/c1-45-29-17-27-23(16-28(29)37-31(43)22-3-2-4-24(15-22)33(34,35)36)19-41(39-27)25-11-13-40(14-12-25)18-20-5-7-21(8-6-20)26-9-10-30(42)38-32(26)44/h2-8,15-17,19,25-26H,9-14,18H2,1H3,(H,37,43)(H,38,42,44). The Bertz CT molecular complexity index is 1740. The van der Waals surface area contributed by atoms with E-state index in [0.29, 0.717) is 29.8 Å². The van der Waals surface area contributed by atoms with Gasteiger partial charge in [0.25, 0.3) is 5.91 Å². The van der Waals surface area contributed by atoms with Gasteiger partial charge >= 0.3 is 6.18 Å². The predicted molar refractivity (Wildman–Crippen MR) is 161 cm³/mol. The molecule has 2 aliphatic rings. The molecule has 1 atom stereocenters. The van der Waals surface area contributed by atoms with Crippen molar-refractivity contribution in [1.29, 1.82) is 0 Å². The summed E-state index contributed by atoms with van der Waals surface area (Å²) in [5.41, 5.74) is 2.09. The van der Waals surface area contributed by atoms with Gasteiger partial charge in [0.1, 0.15) is 5.75 Å². The van der Waals surface area contributed by atoms with Gasteiger partial charge in [-0.1, -0.05) is 30.3 Å². The van der Waals surface area contributed by atoms with Gasteiger partial charge < -0.3 is 10.1 Å². The maximum atomic E-state index is 13.1. The van der Waals surface area contributed by atoms with Gasteiger partial charge in [-0.25, -0.2) is 0 Å². The van der Waals surface area contributed by atoms with Gasteiger partial charge in [-0.3, -0.25) is 29.3 Å². The van der Waals surface area contributed by atoms with E-state index in [-0.39, 0.29) is 29.3 Å². The molecule has 1 aromatic heterocycles. The average molecular weight is 620 g/mol. The first kappa shape index (κ1) is 30.3. The highest BCUT2D eigenvalue weighted by atomic mass is 19.4. The second kappa shape index (κ2) is 12.4. The Labute approximate surface area is 257 Å². The number of likely N-dealkylation sites (tertiary alicyclic amines) is 1. The maximum Gasteiger partial charge on any atom is 0.416 e. The summed E-state index contributed by atoms with van der Waals surface area (Å²) >= 11 is 0. The van der Waals surface area contributed by atoms with Crippen molar-refractivity contribution < 1.29 is 32.3 Å². The normalized spacial score (nSPS) is 18.2. The number of nitrogens with one attached hydrogen (secondary N) is 2. The van der Waals surface area contributed by atoms with Gasteiger partial charge in [-0.15, -0.1) is 0 Å². The Morgan fingerprint density at radius 2 is 1.80 bits per heavy atom. The number of carbonyl (C=O) groups is 3. The topological polar surface area (TPSA) is 106 Å². The highest BCUT2D eigenvalue weighted by Crippen LogP contribution is 2.34. The van der Waals surface area contributed by atoms with Crippen molar-refractivity contribution in [3.05, 3.63) is 89.1 Å². The van der Waals surface area contributed by atoms with Gasteiger partial charge in [-0.05, 0) is 54.7 Å². The molecule has 45 heavy (non-hydrogen) atoms. The Morgan fingerprint density at radius 1 is 1.04 bits per heavy atom. The summed E-state index contributed by atoms with van der Waals surface area (Å²) in [6.45, 7) is 2.53. The fourth-order valence-electron chi connectivity index (χ4n) is 6.02. The molecule has 0 saturated carbocycles. The Hall–Kier alpha value is -4.71. The van der Waals surface area contributed by atoms with Crippen molar-refractivity contribution in [3.63, 3.8) is 0 Å². The average Bonchev–Trinajstić information content (AvgIpc) is 3.44. The predicted octanol–water partition coefficient (Wildman–Crippen LogP) is 5.67. The summed E-state index contributed by atoms with van der Waals surface area (Å²) in [6.07, 6.45) is 0.0264. The van der Waals surface area contributed by atoms with Crippen LogP contribution >= 0.6 is 0 Å². The van der Waals surface area contributed by atoms with E-state index >= 15 is 0 Å². The zero-order valence-corrected chi connectivity index (χ0v) is 24.6. The first-order valence-corrected chi connectivity index (χ1v) is 14.8. The number of hydrogen-bond donors (Lipinski definition) is 2. The summed E-state index contributed by atoms with van der Waals surface area (Å²) in [4.78, 5) is 38.9. The molecule has 12 heteroatoms. The highest BCUT2D eigenvalue weighted by Gasteiger charge is 2.31. The van der Waals surface area contributed by atoms with Gasteiger partial charge in [0.2, 0.25) is 11.8 Å². The van der Waals surface area contributed by atoms with E-state index in [0.717, 1.165) is 61.1 Å². The number of aromatic nitrogens is 2. The number of rotatable bonds is 7. The number of alkyl halides is 3. The van der Waals surface area contributed by atoms with Gasteiger partial charge in [0, 0.05) is 49.3 Å². The lowest BCUT2D eigenvalue weighted by Gasteiger charge is -2.32. The molecule has 3 amide bonds. The molecule has 3 aromatic carbocycles. The molecule has 0 aliphatic carbocycles. The van der Waals surface area contributed by atoms with Crippen LogP contribution in [-0.4, -0.2) is 52.6 Å². The summed E-state index contributed by atoms with van der Waals surface area (Å²) in [7, 11) is 1.45. The van der Waals surface area contributed by atoms with Crippen LogP contribution in [0.3, 0.4) is 0 Å². The van der Waals surface area contributed by atoms with Crippen molar-refractivity contribution in [3.8, 4) is 5.75 Å². The van der Waals surface area contributed by atoms with Crippen LogP contribution in [0.4, 0.5) is 18.9 Å². The number of imide groups is 1. The number of nitrogens with zero attached hydrogens (tertiary/aromatic N) is 3. The molecule has 2 N–H and O–H groups in total. The van der Waals surface area contributed by atoms with E-state index in [1.807, 2.05) is 35.1 Å². The third-order valence-electron chi connectivity index (χ3n) is 8.50. The second-order valence-electron chi connectivity index (χ2n) is 11.5. The van der Waals surface area contributed by atoms with E-state index in [1.54, 1.807) is 12.1 Å². The number of ether oxygens (including phenoxy) is 1. The number of hydrogen-bond acceptors (Lipinski definition) is 6. The first-order chi connectivity index (χ1) is 21.6. The van der Waals surface area contributed by atoms with E-state index in [4.69, 9.17) is 9.84 Å². The fourth-order valence-corrected chi connectivity index (χ4v) is 6.02. The van der Waals surface area contributed by atoms with Crippen LogP contribution in [0.15, 0.2) is 66.9 Å². The smallest absolute Gasteiger partial charge is 0.416 e. The SMILES string of the molecule is COc1cc2nn(C3CCN(Cc4ccc(C5CCC(=O)NC5=O)cc4)CC3)cc2cc1NC(=O)c1cccc(C(F)(F)F)c1. The molecule has 2 fully saturated rings. The molecule has 2 saturated heterocycles. The van der Waals surface area contributed by atoms with Crippen LogP contribution in [0.5, 0.6) is 5.75 Å². The summed E-state index contributed by atoms with van der Waals surface area (Å²) < 4.78 is 46.8. The van der Waals surface area contributed by atoms with Crippen molar-refractivity contribution in [2.24, 2.45) is 0 Å². The first-order valence-electron chi connectivity index (χ1n) is 14.8. The second-order valence-corrected chi connectivity index (χ2v) is 11.5. The van der Waals surface area contributed by atoms with E-state index in [9.17, 15) is 27.6 Å². The molecule has 0 spiro atoms. The number of amides is 3. The van der Waals surface area contributed by atoms with Gasteiger partial charge in [-0.2, -0.15) is 18.3 Å². The number of methoxy groups -OCH3 is 1. The van der Waals surface area contributed by atoms with Crippen molar-refractivity contribution in [2.75, 3.05) is 25.5 Å². The third kappa shape index (κ3) is 6.70. The van der Waals surface area contributed by atoms with Crippen LogP contribution in [0, 0.1) is 0 Å². The minimum atomic E-state index is -4.55. The monoisotopic (exact) mass is 619 g/mol. The lowest BCUT2D eigenvalue weighted by atomic mass is 9.90. The summed E-state index contributed by atoms with van der Waals surface area (Å²) in [5.74, 6) is -1.07. The quantitative estimate of drug-likeness (QED) is 0.258. The number of carbonyl (C=O) groups excluding carboxylic acids is 3. The lowest BCUT2D eigenvalue weighted by Crippen LogP contribution is -2.39. The van der Waals surface area contributed by atoms with E-state index in [2.05, 4.69) is 15.5 Å². The highest BCUT2D eigenvalue weighted by molar-refractivity contribution is 6.06. The molecule has 234 valence electrons. The lowest BCUT2D eigenvalue weighted by molar-refractivity contribution is -0.138. The molecule has 2 aliphatic heterocycles. The van der Waals surface area contributed by atoms with Crippen LogP contribution in [0.2, 0.25) is 0 Å². The van der Waals surface area contributed by atoms with E-state index in [1.165, 1.54) is 19.2 Å². The molecule has 4 aromatic rings. The largest absolute Gasteiger partial charge is 0.494 e. The zero-order chi connectivity index (χ0) is 31.7. The minimum Gasteiger partial charge on any atom is -0.494 e. The molecule has 0 radical (unpaired) electrons. The van der Waals surface area contributed by atoms with Crippen LogP contribution in [0.25, 0.3) is 10.9 Å². The van der Waals surface area contributed by atoms with Crippen molar-refractivity contribution in [1.82, 2.24) is 20.0 Å². The van der Waals surface area contributed by atoms with Crippen LogP contribution in [0.1, 0.15) is 64.7 Å². The molecule has 3 heterocycles. The van der Waals surface area contributed by atoms with Crippen molar-refractivity contribution >= 4 is 34.3 Å². The van der Waals surface area contributed by atoms with Gasteiger partial charge in [0.05, 0.1) is 35.8 Å². The molecule has 6 rings (SSSR count). The van der Waals surface area contributed by atoms with Gasteiger partial charge in [0.15, 0.2) is 0 Å². The Kier molecular flexibility index (Phi) is 8.32. The number of fused-ring (bicyclic) bond motifs is 1. The zero-order valence-electron chi connectivity index (χ0n) is 24.6. The maximum absolute atomic E-state index is 13.1. The number of piperidine rings is 2. The van der Waals surface area contributed by atoms with E-state index < -0.39 is 17.6 Å². The summed E-state index contributed by atoms with van der Waals surface area (Å²) in [5, 5.41) is 10.6. The number of benzene rings is 3. The third-order valence-corrected chi connectivity index (χ3v) is 8.50. The van der Waals surface area contributed by atoms with Crippen LogP contribution in [-0.2, 0) is 22.3 Å². The fraction of sp³-hybridized carbons (Fsp3) is 0.333. The number of anilines is 1. The molecule has 9 nitrogen and oxygen atoms in total. The summed E-state index contributed by atoms with van der Waals surface area (Å²) in [6, 6.07) is 15.9. The van der Waals surface area contributed by atoms with Crippen LogP contribution < -0.4 is 15.4 Å². The number of halogens is 3. The Morgan fingerprint density at radius 3 is 2.49 bits per heavy atom. The molecule has 1 unspecified atom stereocenters. The molecule has 0 bridgehead atoms. The Balaban J connectivity index is 1.08. The van der Waals surface area contributed by atoms with Crippen molar-refractivity contribution in [2.45, 2.75) is 50.4 Å². The molecular weight excluding hydrogens is 587 g/mol.